The highest BCUT2D eigenvalue weighted by molar-refractivity contribution is 5.47. The third-order valence-corrected chi connectivity index (χ3v) is 2.60. The van der Waals surface area contributed by atoms with Crippen LogP contribution in [0.25, 0.3) is 6.08 Å². The average Bonchev–Trinajstić information content (AvgIpc) is 2.34. The van der Waals surface area contributed by atoms with Gasteiger partial charge in [-0.2, -0.15) is 0 Å². The number of benzene rings is 1. The molecule has 1 heteroatoms. The molecule has 0 spiro atoms. The topological polar surface area (TPSA) is 9.23 Å². The normalized spacial score (nSPS) is 10.3. The van der Waals surface area contributed by atoms with E-state index in [0.717, 1.165) is 12.2 Å². The largest absolute Gasteiger partial charge is 0.377 e. The number of rotatable bonds is 8. The molecule has 0 aliphatic carbocycles. The molecular formula is C15H22O. The first-order valence-corrected chi connectivity index (χ1v) is 6.16. The standard InChI is InChI=1S/C15H22O/c1-3-5-6-7-11-16-13-15-10-8-9-14(4-2)12-15/h4,8-10,12H,2-3,5-7,11,13H2,1H3. The molecular weight excluding hydrogens is 196 g/mol. The molecule has 0 fully saturated rings. The summed E-state index contributed by atoms with van der Waals surface area (Å²) >= 11 is 0. The van der Waals surface area contributed by atoms with Gasteiger partial charge in [-0.05, 0) is 23.6 Å². The first-order valence-electron chi connectivity index (χ1n) is 6.16. The van der Waals surface area contributed by atoms with E-state index in [9.17, 15) is 0 Å². The third-order valence-electron chi connectivity index (χ3n) is 2.60. The van der Waals surface area contributed by atoms with Crippen LogP contribution in [-0.2, 0) is 11.3 Å². The lowest BCUT2D eigenvalue weighted by atomic mass is 10.1. The van der Waals surface area contributed by atoms with Crippen molar-refractivity contribution in [3.05, 3.63) is 42.0 Å². The maximum atomic E-state index is 5.63. The maximum Gasteiger partial charge on any atom is 0.0717 e. The van der Waals surface area contributed by atoms with Gasteiger partial charge in [0.05, 0.1) is 6.61 Å². The van der Waals surface area contributed by atoms with Crippen LogP contribution in [-0.4, -0.2) is 6.61 Å². The summed E-state index contributed by atoms with van der Waals surface area (Å²) in [6.07, 6.45) is 6.92. The fourth-order valence-electron chi connectivity index (χ4n) is 1.63. The number of ether oxygens (including phenoxy) is 1. The first kappa shape index (κ1) is 13.0. The summed E-state index contributed by atoms with van der Waals surface area (Å²) in [5, 5.41) is 0. The van der Waals surface area contributed by atoms with E-state index in [2.05, 4.69) is 31.7 Å². The summed E-state index contributed by atoms with van der Waals surface area (Å²) in [6.45, 7) is 7.57. The fraction of sp³-hybridized carbons (Fsp3) is 0.467. The van der Waals surface area contributed by atoms with Crippen molar-refractivity contribution in [2.75, 3.05) is 6.61 Å². The van der Waals surface area contributed by atoms with Crippen molar-refractivity contribution in [2.24, 2.45) is 0 Å². The second-order valence-corrected chi connectivity index (χ2v) is 4.06. The van der Waals surface area contributed by atoms with Gasteiger partial charge < -0.3 is 4.74 Å². The van der Waals surface area contributed by atoms with E-state index in [1.54, 1.807) is 0 Å². The zero-order chi connectivity index (χ0) is 11.6. The molecule has 0 amide bonds. The van der Waals surface area contributed by atoms with Crippen molar-refractivity contribution in [1.82, 2.24) is 0 Å². The van der Waals surface area contributed by atoms with E-state index < -0.39 is 0 Å². The second-order valence-electron chi connectivity index (χ2n) is 4.06. The number of hydrogen-bond donors (Lipinski definition) is 0. The van der Waals surface area contributed by atoms with Crippen LogP contribution in [0.5, 0.6) is 0 Å². The molecule has 0 atom stereocenters. The smallest absolute Gasteiger partial charge is 0.0717 e. The Bertz CT molecular complexity index is 304. The molecule has 0 aliphatic heterocycles. The van der Waals surface area contributed by atoms with Gasteiger partial charge in [0.25, 0.3) is 0 Å². The van der Waals surface area contributed by atoms with Crippen LogP contribution in [0, 0.1) is 0 Å². The Kier molecular flexibility index (Phi) is 6.59. The van der Waals surface area contributed by atoms with E-state index in [-0.39, 0.29) is 0 Å². The summed E-state index contributed by atoms with van der Waals surface area (Å²) in [4.78, 5) is 0. The lowest BCUT2D eigenvalue weighted by Gasteiger charge is -2.05. The zero-order valence-electron chi connectivity index (χ0n) is 10.2. The molecule has 0 bridgehead atoms. The average molecular weight is 218 g/mol. The van der Waals surface area contributed by atoms with Crippen molar-refractivity contribution in [3.8, 4) is 0 Å². The summed E-state index contributed by atoms with van der Waals surface area (Å²) in [6, 6.07) is 8.32. The Labute approximate surface area is 99.1 Å². The van der Waals surface area contributed by atoms with Crippen molar-refractivity contribution in [2.45, 2.75) is 39.2 Å². The van der Waals surface area contributed by atoms with E-state index in [4.69, 9.17) is 4.74 Å². The molecule has 1 rings (SSSR count). The minimum Gasteiger partial charge on any atom is -0.377 e. The molecule has 0 heterocycles. The highest BCUT2D eigenvalue weighted by atomic mass is 16.5. The van der Waals surface area contributed by atoms with E-state index in [1.165, 1.54) is 31.2 Å². The number of hydrogen-bond acceptors (Lipinski definition) is 1. The fourth-order valence-corrected chi connectivity index (χ4v) is 1.63. The molecule has 0 saturated heterocycles. The molecule has 0 unspecified atom stereocenters. The molecule has 0 N–H and O–H groups in total. The highest BCUT2D eigenvalue weighted by Crippen LogP contribution is 2.08. The van der Waals surface area contributed by atoms with Gasteiger partial charge in [0, 0.05) is 6.61 Å². The summed E-state index contributed by atoms with van der Waals surface area (Å²) in [7, 11) is 0. The van der Waals surface area contributed by atoms with Gasteiger partial charge in [0.2, 0.25) is 0 Å². The summed E-state index contributed by atoms with van der Waals surface area (Å²) < 4.78 is 5.63. The Morgan fingerprint density at radius 3 is 2.88 bits per heavy atom. The quantitative estimate of drug-likeness (QED) is 0.587. The predicted molar refractivity (Wildman–Crippen MR) is 70.3 cm³/mol. The SMILES string of the molecule is C=Cc1cccc(COCCCCCC)c1. The van der Waals surface area contributed by atoms with E-state index >= 15 is 0 Å². The molecule has 1 nitrogen and oxygen atoms in total. The van der Waals surface area contributed by atoms with Gasteiger partial charge in [0.15, 0.2) is 0 Å². The lowest BCUT2D eigenvalue weighted by Crippen LogP contribution is -1.95. The molecule has 0 aliphatic rings. The van der Waals surface area contributed by atoms with Crippen molar-refractivity contribution in [3.63, 3.8) is 0 Å². The van der Waals surface area contributed by atoms with E-state index in [1.807, 2.05) is 12.1 Å². The second kappa shape index (κ2) is 8.12. The van der Waals surface area contributed by atoms with Crippen LogP contribution < -0.4 is 0 Å². The third kappa shape index (κ3) is 5.13. The van der Waals surface area contributed by atoms with Crippen molar-refractivity contribution in [1.29, 1.82) is 0 Å². The predicted octanol–water partition coefficient (Wildman–Crippen LogP) is 4.43. The van der Waals surface area contributed by atoms with Gasteiger partial charge in [-0.15, -0.1) is 0 Å². The Morgan fingerprint density at radius 1 is 1.25 bits per heavy atom. The highest BCUT2D eigenvalue weighted by Gasteiger charge is 1.94. The minimum absolute atomic E-state index is 0.716. The van der Waals surface area contributed by atoms with Gasteiger partial charge >= 0.3 is 0 Å². The zero-order valence-corrected chi connectivity index (χ0v) is 10.2. The molecule has 16 heavy (non-hydrogen) atoms. The van der Waals surface area contributed by atoms with Crippen LogP contribution in [0.2, 0.25) is 0 Å². The van der Waals surface area contributed by atoms with Gasteiger partial charge in [0.1, 0.15) is 0 Å². The minimum atomic E-state index is 0.716. The molecule has 1 aromatic rings. The lowest BCUT2D eigenvalue weighted by molar-refractivity contribution is 0.117. The monoisotopic (exact) mass is 218 g/mol. The van der Waals surface area contributed by atoms with Crippen molar-refractivity contribution < 1.29 is 4.74 Å². The van der Waals surface area contributed by atoms with Crippen LogP contribution in [0.15, 0.2) is 30.8 Å². The molecule has 88 valence electrons. The van der Waals surface area contributed by atoms with Crippen LogP contribution in [0.3, 0.4) is 0 Å². The van der Waals surface area contributed by atoms with Crippen LogP contribution in [0.4, 0.5) is 0 Å². The Hall–Kier alpha value is -1.08. The van der Waals surface area contributed by atoms with E-state index in [0.29, 0.717) is 6.61 Å². The van der Waals surface area contributed by atoms with Gasteiger partial charge in [-0.25, -0.2) is 0 Å². The summed E-state index contributed by atoms with van der Waals surface area (Å²) in [5.41, 5.74) is 2.39. The summed E-state index contributed by atoms with van der Waals surface area (Å²) in [5.74, 6) is 0. The molecule has 0 radical (unpaired) electrons. The Morgan fingerprint density at radius 2 is 2.12 bits per heavy atom. The molecule has 1 aromatic carbocycles. The maximum absolute atomic E-state index is 5.63. The van der Waals surface area contributed by atoms with Crippen molar-refractivity contribution >= 4 is 6.08 Å². The van der Waals surface area contributed by atoms with Crippen LogP contribution in [0.1, 0.15) is 43.7 Å². The van der Waals surface area contributed by atoms with Crippen LogP contribution >= 0.6 is 0 Å². The van der Waals surface area contributed by atoms with Gasteiger partial charge in [-0.1, -0.05) is 57.0 Å². The first-order chi connectivity index (χ1) is 7.86. The molecule has 0 aromatic heterocycles. The van der Waals surface area contributed by atoms with Gasteiger partial charge in [-0.3, -0.25) is 0 Å². The molecule has 0 saturated carbocycles. The number of unbranched alkanes of at least 4 members (excludes halogenated alkanes) is 3. The Balaban J connectivity index is 2.18.